The zero-order chi connectivity index (χ0) is 14.4. The fraction of sp³-hybridized carbons (Fsp3) is 0.500. The van der Waals surface area contributed by atoms with Crippen LogP contribution < -0.4 is 5.32 Å². The number of aromatic nitrogens is 1. The summed E-state index contributed by atoms with van der Waals surface area (Å²) in [7, 11) is 5.95. The van der Waals surface area contributed by atoms with E-state index in [4.69, 9.17) is 4.74 Å². The van der Waals surface area contributed by atoms with Crippen LogP contribution in [0.5, 0.6) is 0 Å². The van der Waals surface area contributed by atoms with Crippen LogP contribution in [0.25, 0.3) is 10.9 Å². The van der Waals surface area contributed by atoms with Crippen LogP contribution in [-0.2, 0) is 17.8 Å². The monoisotopic (exact) mass is 275 g/mol. The zero-order valence-electron chi connectivity index (χ0n) is 12.7. The van der Waals surface area contributed by atoms with Gasteiger partial charge < -0.3 is 19.5 Å². The van der Waals surface area contributed by atoms with Gasteiger partial charge in [0.2, 0.25) is 0 Å². The van der Waals surface area contributed by atoms with Gasteiger partial charge in [0.15, 0.2) is 0 Å². The van der Waals surface area contributed by atoms with Gasteiger partial charge >= 0.3 is 0 Å². The van der Waals surface area contributed by atoms with Gasteiger partial charge in [0.05, 0.1) is 6.61 Å². The van der Waals surface area contributed by atoms with Crippen molar-refractivity contribution in [3.05, 3.63) is 36.0 Å². The average molecular weight is 275 g/mol. The van der Waals surface area contributed by atoms with Gasteiger partial charge in [-0.05, 0) is 25.7 Å². The second-order valence-corrected chi connectivity index (χ2v) is 5.34. The molecule has 110 valence electrons. The molecule has 1 aromatic heterocycles. The quantitative estimate of drug-likeness (QED) is 0.747. The number of nitrogens with zero attached hydrogens (tertiary/aromatic N) is 2. The molecule has 0 aliphatic rings. The summed E-state index contributed by atoms with van der Waals surface area (Å²) in [6.07, 6.45) is 2.27. The van der Waals surface area contributed by atoms with Crippen molar-refractivity contribution in [2.75, 3.05) is 40.9 Å². The van der Waals surface area contributed by atoms with Crippen molar-refractivity contribution in [3.63, 3.8) is 0 Å². The van der Waals surface area contributed by atoms with Crippen LogP contribution in [0.3, 0.4) is 0 Å². The Balaban J connectivity index is 2.13. The number of benzene rings is 1. The summed E-state index contributed by atoms with van der Waals surface area (Å²) in [6.45, 7) is 4.59. The van der Waals surface area contributed by atoms with Crippen LogP contribution in [0.15, 0.2) is 30.5 Å². The van der Waals surface area contributed by atoms with Gasteiger partial charge in [0.25, 0.3) is 0 Å². The number of fused-ring (bicyclic) bond motifs is 1. The molecule has 0 bridgehead atoms. The summed E-state index contributed by atoms with van der Waals surface area (Å²) >= 11 is 0. The minimum atomic E-state index is 0.749. The number of hydrogen-bond donors (Lipinski definition) is 1. The minimum Gasteiger partial charge on any atom is -0.383 e. The molecule has 0 radical (unpaired) electrons. The summed E-state index contributed by atoms with van der Waals surface area (Å²) in [5.41, 5.74) is 2.67. The number of hydrogen-bond acceptors (Lipinski definition) is 3. The third kappa shape index (κ3) is 3.82. The Bertz CT molecular complexity index is 534. The fourth-order valence-corrected chi connectivity index (χ4v) is 2.35. The molecule has 0 atom stereocenters. The van der Waals surface area contributed by atoms with Crippen LogP contribution in [0.4, 0.5) is 0 Å². The van der Waals surface area contributed by atoms with Crippen LogP contribution >= 0.6 is 0 Å². The highest BCUT2D eigenvalue weighted by Crippen LogP contribution is 2.21. The predicted molar refractivity (Wildman–Crippen MR) is 84.1 cm³/mol. The molecule has 4 heteroatoms. The zero-order valence-corrected chi connectivity index (χ0v) is 12.7. The van der Waals surface area contributed by atoms with Crippen LogP contribution in [0.2, 0.25) is 0 Å². The number of para-hydroxylation sites is 1. The molecule has 0 aliphatic carbocycles. The Kier molecular flexibility index (Phi) is 5.59. The lowest BCUT2D eigenvalue weighted by Crippen LogP contribution is -2.19. The SMILES string of the molecule is COCCNCc1cn(CCN(C)C)c2ccccc12. The van der Waals surface area contributed by atoms with Crippen molar-refractivity contribution in [1.82, 2.24) is 14.8 Å². The maximum atomic E-state index is 5.06. The summed E-state index contributed by atoms with van der Waals surface area (Å²) in [6, 6.07) is 8.62. The lowest BCUT2D eigenvalue weighted by atomic mass is 10.2. The molecule has 0 aliphatic heterocycles. The normalized spacial score (nSPS) is 11.6. The van der Waals surface area contributed by atoms with E-state index in [2.05, 4.69) is 59.3 Å². The maximum absolute atomic E-state index is 5.06. The number of ether oxygens (including phenoxy) is 1. The van der Waals surface area contributed by atoms with Gasteiger partial charge in [-0.15, -0.1) is 0 Å². The Morgan fingerprint density at radius 2 is 2.05 bits per heavy atom. The lowest BCUT2D eigenvalue weighted by molar-refractivity contribution is 0.199. The van der Waals surface area contributed by atoms with E-state index >= 15 is 0 Å². The molecule has 0 amide bonds. The number of rotatable bonds is 8. The third-order valence-electron chi connectivity index (χ3n) is 3.46. The van der Waals surface area contributed by atoms with E-state index in [9.17, 15) is 0 Å². The van der Waals surface area contributed by atoms with Crippen molar-refractivity contribution in [2.45, 2.75) is 13.1 Å². The number of methoxy groups -OCH3 is 1. The van der Waals surface area contributed by atoms with Crippen molar-refractivity contribution in [3.8, 4) is 0 Å². The molecular weight excluding hydrogens is 250 g/mol. The molecule has 1 heterocycles. The average Bonchev–Trinajstić information content (AvgIpc) is 2.80. The summed E-state index contributed by atoms with van der Waals surface area (Å²) in [5.74, 6) is 0. The first-order chi connectivity index (χ1) is 9.72. The molecule has 0 fully saturated rings. The highest BCUT2D eigenvalue weighted by Gasteiger charge is 2.07. The molecule has 4 nitrogen and oxygen atoms in total. The van der Waals surface area contributed by atoms with E-state index in [0.29, 0.717) is 0 Å². The van der Waals surface area contributed by atoms with Gasteiger partial charge in [0.1, 0.15) is 0 Å². The molecule has 0 saturated heterocycles. The van der Waals surface area contributed by atoms with Gasteiger partial charge in [-0.3, -0.25) is 0 Å². The second-order valence-electron chi connectivity index (χ2n) is 5.34. The van der Waals surface area contributed by atoms with Crippen molar-refractivity contribution in [2.24, 2.45) is 0 Å². The minimum absolute atomic E-state index is 0.749. The largest absolute Gasteiger partial charge is 0.383 e. The number of likely N-dealkylation sites (N-methyl/N-ethyl adjacent to an activating group) is 1. The smallest absolute Gasteiger partial charge is 0.0587 e. The van der Waals surface area contributed by atoms with E-state index in [-0.39, 0.29) is 0 Å². The Labute approximate surface area is 121 Å². The van der Waals surface area contributed by atoms with E-state index < -0.39 is 0 Å². The van der Waals surface area contributed by atoms with Crippen LogP contribution in [-0.4, -0.2) is 50.4 Å². The molecule has 1 N–H and O–H groups in total. The van der Waals surface area contributed by atoms with Gasteiger partial charge in [-0.25, -0.2) is 0 Å². The highest BCUT2D eigenvalue weighted by atomic mass is 16.5. The molecule has 2 rings (SSSR count). The molecule has 0 unspecified atom stereocenters. The van der Waals surface area contributed by atoms with E-state index in [1.54, 1.807) is 7.11 Å². The molecule has 0 saturated carbocycles. The molecule has 20 heavy (non-hydrogen) atoms. The van der Waals surface area contributed by atoms with Crippen molar-refractivity contribution in [1.29, 1.82) is 0 Å². The third-order valence-corrected chi connectivity index (χ3v) is 3.46. The van der Waals surface area contributed by atoms with Gasteiger partial charge in [-0.2, -0.15) is 0 Å². The first-order valence-corrected chi connectivity index (χ1v) is 7.13. The topological polar surface area (TPSA) is 29.4 Å². The number of nitrogens with one attached hydrogen (secondary N) is 1. The van der Waals surface area contributed by atoms with Gasteiger partial charge in [0, 0.05) is 50.4 Å². The van der Waals surface area contributed by atoms with Crippen LogP contribution in [0, 0.1) is 0 Å². The molecule has 1 aromatic carbocycles. The first kappa shape index (κ1) is 15.0. The second kappa shape index (κ2) is 7.43. The van der Waals surface area contributed by atoms with E-state index in [1.165, 1.54) is 16.5 Å². The Morgan fingerprint density at radius 1 is 1.25 bits per heavy atom. The summed E-state index contributed by atoms with van der Waals surface area (Å²) in [4.78, 5) is 2.21. The standard InChI is InChI=1S/C16H25N3O/c1-18(2)9-10-19-13-14(12-17-8-11-20-3)15-6-4-5-7-16(15)19/h4-7,13,17H,8-12H2,1-3H3. The maximum Gasteiger partial charge on any atom is 0.0587 e. The lowest BCUT2D eigenvalue weighted by Gasteiger charge is -2.10. The highest BCUT2D eigenvalue weighted by molar-refractivity contribution is 5.83. The van der Waals surface area contributed by atoms with E-state index in [0.717, 1.165) is 32.8 Å². The molecular formula is C16H25N3O. The summed E-state index contributed by atoms with van der Waals surface area (Å²) < 4.78 is 7.41. The fourth-order valence-electron chi connectivity index (χ4n) is 2.35. The van der Waals surface area contributed by atoms with E-state index in [1.807, 2.05) is 0 Å². The summed E-state index contributed by atoms with van der Waals surface area (Å²) in [5, 5.41) is 4.77. The first-order valence-electron chi connectivity index (χ1n) is 7.13. The van der Waals surface area contributed by atoms with Crippen molar-refractivity contribution < 1.29 is 4.74 Å². The molecule has 0 spiro atoms. The van der Waals surface area contributed by atoms with Gasteiger partial charge in [-0.1, -0.05) is 18.2 Å². The van der Waals surface area contributed by atoms with Crippen LogP contribution in [0.1, 0.15) is 5.56 Å². The molecule has 2 aromatic rings. The van der Waals surface area contributed by atoms with Crippen molar-refractivity contribution >= 4 is 10.9 Å². The predicted octanol–water partition coefficient (Wildman–Crippen LogP) is 1.94. The Hall–Kier alpha value is -1.36. The Morgan fingerprint density at radius 3 is 2.80 bits per heavy atom.